The molecule has 4 nitrogen and oxygen atoms in total. The number of piperidine rings is 1. The molecule has 1 amide bonds. The lowest BCUT2D eigenvalue weighted by atomic mass is 10.0. The summed E-state index contributed by atoms with van der Waals surface area (Å²) in [6, 6.07) is 8.11. The molecule has 1 saturated heterocycles. The van der Waals surface area contributed by atoms with E-state index in [4.69, 9.17) is 4.74 Å². The van der Waals surface area contributed by atoms with Gasteiger partial charge in [0.15, 0.2) is 0 Å². The van der Waals surface area contributed by atoms with Crippen LogP contribution in [0.15, 0.2) is 24.3 Å². The zero-order valence-corrected chi connectivity index (χ0v) is 11.7. The molecular weight excluding hydrogens is 240 g/mol. The minimum absolute atomic E-state index is 0.129. The molecule has 0 saturated carbocycles. The Kier molecular flexibility index (Phi) is 4.93. The summed E-state index contributed by atoms with van der Waals surface area (Å²) in [6.07, 6.45) is 2.21. The van der Waals surface area contributed by atoms with Gasteiger partial charge in [-0.25, -0.2) is 0 Å². The maximum atomic E-state index is 12.4. The number of amides is 1. The number of carbonyl (C=O) groups excluding carboxylic acids is 1. The van der Waals surface area contributed by atoms with Crippen LogP contribution >= 0.6 is 0 Å². The van der Waals surface area contributed by atoms with E-state index in [9.17, 15) is 4.79 Å². The molecule has 0 radical (unpaired) electrons. The lowest BCUT2D eigenvalue weighted by Gasteiger charge is -2.32. The molecule has 1 aliphatic heterocycles. The number of hydrogen-bond acceptors (Lipinski definition) is 3. The predicted octanol–water partition coefficient (Wildman–Crippen LogP) is 1.66. The SMILES string of the molecule is CN[C@@H]1CCCN(C(=O)c2ccc(COC)cc2)C1. The normalized spacial score (nSPS) is 19.5. The number of rotatable bonds is 4. The van der Waals surface area contributed by atoms with Gasteiger partial charge in [-0.3, -0.25) is 4.79 Å². The van der Waals surface area contributed by atoms with Crippen LogP contribution in [0.2, 0.25) is 0 Å². The van der Waals surface area contributed by atoms with Gasteiger partial charge in [0.2, 0.25) is 0 Å². The van der Waals surface area contributed by atoms with Crippen molar-refractivity contribution in [3.63, 3.8) is 0 Å². The summed E-state index contributed by atoms with van der Waals surface area (Å²) in [6.45, 7) is 2.24. The molecule has 19 heavy (non-hydrogen) atoms. The first-order valence-corrected chi connectivity index (χ1v) is 6.79. The lowest BCUT2D eigenvalue weighted by molar-refractivity contribution is 0.0698. The van der Waals surface area contributed by atoms with Gasteiger partial charge >= 0.3 is 0 Å². The molecule has 4 heteroatoms. The Morgan fingerprint density at radius 2 is 2.16 bits per heavy atom. The molecule has 1 N–H and O–H groups in total. The highest BCUT2D eigenvalue weighted by molar-refractivity contribution is 5.94. The summed E-state index contributed by atoms with van der Waals surface area (Å²) in [5.74, 6) is 0.129. The van der Waals surface area contributed by atoms with E-state index in [0.29, 0.717) is 12.6 Å². The van der Waals surface area contributed by atoms with Crippen LogP contribution in [0.5, 0.6) is 0 Å². The van der Waals surface area contributed by atoms with Gasteiger partial charge in [-0.1, -0.05) is 12.1 Å². The topological polar surface area (TPSA) is 41.6 Å². The van der Waals surface area contributed by atoms with Crippen molar-refractivity contribution in [1.29, 1.82) is 0 Å². The van der Waals surface area contributed by atoms with Crippen molar-refractivity contribution in [2.45, 2.75) is 25.5 Å². The zero-order chi connectivity index (χ0) is 13.7. The van der Waals surface area contributed by atoms with E-state index >= 15 is 0 Å². The number of hydrogen-bond donors (Lipinski definition) is 1. The molecule has 1 aromatic carbocycles. The van der Waals surface area contributed by atoms with Crippen molar-refractivity contribution in [3.05, 3.63) is 35.4 Å². The molecule has 0 unspecified atom stereocenters. The van der Waals surface area contributed by atoms with Crippen molar-refractivity contribution in [3.8, 4) is 0 Å². The van der Waals surface area contributed by atoms with Crippen LogP contribution in [-0.4, -0.2) is 44.1 Å². The van der Waals surface area contributed by atoms with Crippen molar-refractivity contribution >= 4 is 5.91 Å². The molecule has 1 aliphatic rings. The maximum absolute atomic E-state index is 12.4. The number of nitrogens with zero attached hydrogens (tertiary/aromatic N) is 1. The second kappa shape index (κ2) is 6.68. The predicted molar refractivity (Wildman–Crippen MR) is 75.1 cm³/mol. The Morgan fingerprint density at radius 3 is 2.79 bits per heavy atom. The van der Waals surface area contributed by atoms with Crippen molar-refractivity contribution in [2.75, 3.05) is 27.2 Å². The summed E-state index contributed by atoms with van der Waals surface area (Å²) >= 11 is 0. The lowest BCUT2D eigenvalue weighted by Crippen LogP contribution is -2.46. The Labute approximate surface area is 114 Å². The first-order valence-electron chi connectivity index (χ1n) is 6.79. The number of likely N-dealkylation sites (tertiary alicyclic amines) is 1. The molecule has 0 aliphatic carbocycles. The maximum Gasteiger partial charge on any atom is 0.253 e. The van der Waals surface area contributed by atoms with Crippen LogP contribution in [-0.2, 0) is 11.3 Å². The third-order valence-electron chi connectivity index (χ3n) is 3.63. The monoisotopic (exact) mass is 262 g/mol. The molecule has 1 fully saturated rings. The molecule has 1 atom stereocenters. The van der Waals surface area contributed by atoms with Gasteiger partial charge in [-0.2, -0.15) is 0 Å². The van der Waals surface area contributed by atoms with Gasteiger partial charge in [0.25, 0.3) is 5.91 Å². The van der Waals surface area contributed by atoms with Crippen molar-refractivity contribution < 1.29 is 9.53 Å². The summed E-state index contributed by atoms with van der Waals surface area (Å²) in [5, 5.41) is 3.26. The van der Waals surface area contributed by atoms with Crippen LogP contribution in [0, 0.1) is 0 Å². The van der Waals surface area contributed by atoms with E-state index in [2.05, 4.69) is 5.32 Å². The number of nitrogens with one attached hydrogen (secondary N) is 1. The van der Waals surface area contributed by atoms with E-state index in [1.807, 2.05) is 36.2 Å². The quantitative estimate of drug-likeness (QED) is 0.897. The van der Waals surface area contributed by atoms with Gasteiger partial charge in [-0.15, -0.1) is 0 Å². The Balaban J connectivity index is 2.02. The smallest absolute Gasteiger partial charge is 0.253 e. The number of likely N-dealkylation sites (N-methyl/N-ethyl adjacent to an activating group) is 1. The Bertz CT molecular complexity index is 417. The molecule has 0 spiro atoms. The highest BCUT2D eigenvalue weighted by atomic mass is 16.5. The number of methoxy groups -OCH3 is 1. The summed E-state index contributed by atoms with van der Waals surface area (Å²) in [4.78, 5) is 14.3. The number of benzene rings is 1. The fourth-order valence-electron chi connectivity index (χ4n) is 2.49. The molecule has 0 bridgehead atoms. The average molecular weight is 262 g/mol. The fraction of sp³-hybridized carbons (Fsp3) is 0.533. The molecule has 1 heterocycles. The van der Waals surface area contributed by atoms with Gasteiger partial charge < -0.3 is 15.0 Å². The van der Waals surface area contributed by atoms with Crippen LogP contribution in [0.3, 0.4) is 0 Å². The summed E-state index contributed by atoms with van der Waals surface area (Å²) in [5.41, 5.74) is 1.85. The van der Waals surface area contributed by atoms with Crippen LogP contribution < -0.4 is 5.32 Å². The largest absolute Gasteiger partial charge is 0.380 e. The molecule has 1 aromatic rings. The van der Waals surface area contributed by atoms with E-state index in [1.165, 1.54) is 0 Å². The Morgan fingerprint density at radius 1 is 1.42 bits per heavy atom. The van der Waals surface area contributed by atoms with Crippen LogP contribution in [0.25, 0.3) is 0 Å². The van der Waals surface area contributed by atoms with E-state index in [-0.39, 0.29) is 5.91 Å². The van der Waals surface area contributed by atoms with Gasteiger partial charge in [0, 0.05) is 31.8 Å². The Hall–Kier alpha value is -1.39. The summed E-state index contributed by atoms with van der Waals surface area (Å²) in [7, 11) is 3.63. The highest BCUT2D eigenvalue weighted by Crippen LogP contribution is 2.14. The van der Waals surface area contributed by atoms with Crippen LogP contribution in [0.1, 0.15) is 28.8 Å². The zero-order valence-electron chi connectivity index (χ0n) is 11.7. The third-order valence-corrected chi connectivity index (χ3v) is 3.63. The molecule has 0 aromatic heterocycles. The summed E-state index contributed by atoms with van der Waals surface area (Å²) < 4.78 is 5.07. The van der Waals surface area contributed by atoms with Crippen molar-refractivity contribution in [1.82, 2.24) is 10.2 Å². The second-order valence-electron chi connectivity index (χ2n) is 5.01. The first kappa shape index (κ1) is 14.0. The highest BCUT2D eigenvalue weighted by Gasteiger charge is 2.23. The molecule has 2 rings (SSSR count). The van der Waals surface area contributed by atoms with E-state index in [0.717, 1.165) is 37.1 Å². The number of ether oxygens (including phenoxy) is 1. The molecular formula is C15H22N2O2. The standard InChI is InChI=1S/C15H22N2O2/c1-16-14-4-3-9-17(10-14)15(18)13-7-5-12(6-8-13)11-19-2/h5-8,14,16H,3-4,9-11H2,1-2H3/t14-/m1/s1. The minimum Gasteiger partial charge on any atom is -0.380 e. The second-order valence-corrected chi connectivity index (χ2v) is 5.01. The van der Waals surface area contributed by atoms with Crippen molar-refractivity contribution in [2.24, 2.45) is 0 Å². The van der Waals surface area contributed by atoms with Gasteiger partial charge in [0.1, 0.15) is 0 Å². The average Bonchev–Trinajstić information content (AvgIpc) is 2.48. The van der Waals surface area contributed by atoms with Crippen LogP contribution in [0.4, 0.5) is 0 Å². The van der Waals surface area contributed by atoms with E-state index in [1.54, 1.807) is 7.11 Å². The molecule has 104 valence electrons. The van der Waals surface area contributed by atoms with E-state index < -0.39 is 0 Å². The first-order chi connectivity index (χ1) is 9.24. The van der Waals surface area contributed by atoms with Gasteiger partial charge in [0.05, 0.1) is 6.61 Å². The third kappa shape index (κ3) is 3.55. The number of carbonyl (C=O) groups is 1. The van der Waals surface area contributed by atoms with Gasteiger partial charge in [-0.05, 0) is 37.6 Å². The minimum atomic E-state index is 0.129. The fourth-order valence-corrected chi connectivity index (χ4v) is 2.49.